The van der Waals surface area contributed by atoms with E-state index in [0.717, 1.165) is 41.6 Å². The molecule has 3 aliphatic heterocycles. The predicted octanol–water partition coefficient (Wildman–Crippen LogP) is 5.87. The zero-order valence-corrected chi connectivity index (χ0v) is 21.5. The number of fused-ring (bicyclic) bond motifs is 3. The first-order valence-electron chi connectivity index (χ1n) is 13.5. The molecule has 0 saturated carbocycles. The van der Waals surface area contributed by atoms with Crippen molar-refractivity contribution < 1.29 is 9.84 Å². The molecule has 2 bridgehead atoms. The predicted molar refractivity (Wildman–Crippen MR) is 152 cm³/mol. The van der Waals surface area contributed by atoms with Crippen molar-refractivity contribution in [2.24, 2.45) is 5.92 Å². The summed E-state index contributed by atoms with van der Waals surface area (Å²) < 4.78 is 7.12. The quantitative estimate of drug-likeness (QED) is 0.266. The number of benzene rings is 4. The van der Waals surface area contributed by atoms with E-state index in [1.807, 2.05) is 48.5 Å². The van der Waals surface area contributed by atoms with Gasteiger partial charge in [0.05, 0.1) is 6.61 Å². The van der Waals surface area contributed by atoms with E-state index in [4.69, 9.17) is 4.74 Å². The van der Waals surface area contributed by atoms with Gasteiger partial charge in [-0.1, -0.05) is 121 Å². The molecule has 3 saturated heterocycles. The molecule has 3 fully saturated rings. The molecule has 3 aliphatic rings. The monoisotopic (exact) mass is 499 g/mol. The third-order valence-electron chi connectivity index (χ3n) is 8.19. The zero-order chi connectivity index (χ0) is 25.8. The minimum absolute atomic E-state index is 0.136. The molecule has 0 spiro atoms. The van der Waals surface area contributed by atoms with Crippen LogP contribution in [0.1, 0.15) is 35.1 Å². The number of piperidine rings is 3. The minimum Gasteiger partial charge on any atom is -0.376 e. The molecule has 1 N–H and O–H groups in total. The molecule has 38 heavy (non-hydrogen) atoms. The first-order valence-corrected chi connectivity index (χ1v) is 13.5. The Morgan fingerprint density at radius 3 is 1.74 bits per heavy atom. The molecule has 3 nitrogen and oxygen atoms in total. The molecular formula is C35H33NO2. The van der Waals surface area contributed by atoms with Crippen LogP contribution in [0.25, 0.3) is 0 Å². The topological polar surface area (TPSA) is 32.7 Å². The molecule has 190 valence electrons. The Morgan fingerprint density at radius 1 is 0.763 bits per heavy atom. The number of hydrogen-bond donors (Lipinski definition) is 1. The second-order valence-electron chi connectivity index (χ2n) is 10.5. The van der Waals surface area contributed by atoms with Crippen molar-refractivity contribution in [1.29, 1.82) is 0 Å². The van der Waals surface area contributed by atoms with Crippen molar-refractivity contribution in [3.63, 3.8) is 0 Å². The molecule has 1 unspecified atom stereocenters. The maximum absolute atomic E-state index is 11.5. The number of hydrogen-bond acceptors (Lipinski definition) is 3. The fraction of sp³-hybridized carbons (Fsp3) is 0.257. The highest BCUT2D eigenvalue weighted by Crippen LogP contribution is 2.43. The summed E-state index contributed by atoms with van der Waals surface area (Å²) in [5, 5.41) is 11.5. The van der Waals surface area contributed by atoms with E-state index in [-0.39, 0.29) is 12.0 Å². The summed E-state index contributed by atoms with van der Waals surface area (Å²) in [6.07, 6.45) is 1.83. The van der Waals surface area contributed by atoms with Crippen LogP contribution in [0.3, 0.4) is 0 Å². The largest absolute Gasteiger partial charge is 0.376 e. The van der Waals surface area contributed by atoms with Crippen LogP contribution in [0.4, 0.5) is 0 Å². The average Bonchev–Trinajstić information content (AvgIpc) is 2.99. The third-order valence-corrected chi connectivity index (χ3v) is 8.19. The smallest absolute Gasteiger partial charge is 0.143 e. The molecule has 4 aromatic carbocycles. The highest BCUT2D eigenvalue weighted by atomic mass is 16.5. The van der Waals surface area contributed by atoms with Crippen molar-refractivity contribution in [1.82, 2.24) is 4.90 Å². The number of aliphatic hydroxyl groups is 1. The zero-order valence-electron chi connectivity index (χ0n) is 21.5. The fourth-order valence-electron chi connectivity index (χ4n) is 6.19. The molecule has 3 heterocycles. The van der Waals surface area contributed by atoms with Gasteiger partial charge in [0.15, 0.2) is 0 Å². The summed E-state index contributed by atoms with van der Waals surface area (Å²) >= 11 is 0. The third kappa shape index (κ3) is 4.68. The van der Waals surface area contributed by atoms with Gasteiger partial charge in [-0.25, -0.2) is 0 Å². The Labute approximate surface area is 225 Å². The van der Waals surface area contributed by atoms with E-state index in [0.29, 0.717) is 13.2 Å². The summed E-state index contributed by atoms with van der Waals surface area (Å²) in [5.74, 6) is 6.59. The van der Waals surface area contributed by atoms with Crippen molar-refractivity contribution in [3.8, 4) is 11.8 Å². The van der Waals surface area contributed by atoms with Crippen LogP contribution in [0, 0.1) is 17.8 Å². The van der Waals surface area contributed by atoms with E-state index < -0.39 is 11.2 Å². The molecule has 4 atom stereocenters. The van der Waals surface area contributed by atoms with E-state index in [1.165, 1.54) is 0 Å². The lowest BCUT2D eigenvalue weighted by Gasteiger charge is -2.52. The Balaban J connectivity index is 1.30. The lowest BCUT2D eigenvalue weighted by molar-refractivity contribution is -0.124. The van der Waals surface area contributed by atoms with Gasteiger partial charge in [-0.05, 0) is 48.2 Å². The Morgan fingerprint density at radius 2 is 1.26 bits per heavy atom. The van der Waals surface area contributed by atoms with Gasteiger partial charge in [-0.2, -0.15) is 0 Å². The molecular weight excluding hydrogens is 466 g/mol. The van der Waals surface area contributed by atoms with E-state index in [9.17, 15) is 5.11 Å². The fourth-order valence-corrected chi connectivity index (χ4v) is 6.19. The lowest BCUT2D eigenvalue weighted by atomic mass is 9.72. The maximum atomic E-state index is 11.5. The van der Waals surface area contributed by atoms with Crippen LogP contribution in [0.15, 0.2) is 121 Å². The van der Waals surface area contributed by atoms with E-state index in [2.05, 4.69) is 89.5 Å². The van der Waals surface area contributed by atoms with Crippen molar-refractivity contribution in [3.05, 3.63) is 144 Å². The summed E-state index contributed by atoms with van der Waals surface area (Å²) in [7, 11) is 0. The van der Waals surface area contributed by atoms with Crippen LogP contribution >= 0.6 is 0 Å². The van der Waals surface area contributed by atoms with Gasteiger partial charge in [-0.3, -0.25) is 4.90 Å². The molecule has 0 amide bonds. The first kappa shape index (κ1) is 24.6. The van der Waals surface area contributed by atoms with Crippen LogP contribution in [-0.4, -0.2) is 41.3 Å². The van der Waals surface area contributed by atoms with Gasteiger partial charge >= 0.3 is 0 Å². The number of nitrogens with zero attached hydrogens (tertiary/aromatic N) is 1. The Hall–Kier alpha value is -3.68. The number of rotatable bonds is 6. The van der Waals surface area contributed by atoms with Crippen molar-refractivity contribution >= 4 is 0 Å². The van der Waals surface area contributed by atoms with E-state index >= 15 is 0 Å². The van der Waals surface area contributed by atoms with Gasteiger partial charge in [-0.15, -0.1) is 0 Å². The Kier molecular flexibility index (Phi) is 6.87. The summed E-state index contributed by atoms with van der Waals surface area (Å²) in [5.41, 5.74) is 2.55. The minimum atomic E-state index is -0.986. The SMILES string of the molecule is O[C@]1(C#Cc2ccccc2)CN2CC[C@H]1C[C@@H]2COC(c1ccccc1)(c1ccccc1)c1ccccc1. The molecule has 0 aliphatic carbocycles. The normalized spacial score (nSPS) is 24.4. The molecule has 7 rings (SSSR count). The highest BCUT2D eigenvalue weighted by molar-refractivity contribution is 5.47. The molecule has 3 heteroatoms. The standard InChI is InChI=1S/C35H33NO2/c37-34(23-21-28-13-5-1-6-14-28)27-36-24-22-32(34)25-33(36)26-38-35(29-15-7-2-8-16-29,30-17-9-3-10-18-30)31-19-11-4-12-20-31/h1-20,32-33,37H,22,24-27H2/t32-,33+,34+/m0/s1. The van der Waals surface area contributed by atoms with E-state index in [1.54, 1.807) is 0 Å². The average molecular weight is 500 g/mol. The summed E-state index contributed by atoms with van der Waals surface area (Å²) in [4.78, 5) is 2.38. The van der Waals surface area contributed by atoms with Crippen LogP contribution in [0.5, 0.6) is 0 Å². The lowest BCUT2D eigenvalue weighted by Crippen LogP contribution is -2.63. The Bertz CT molecular complexity index is 1300. The van der Waals surface area contributed by atoms with Gasteiger partial charge in [0.2, 0.25) is 0 Å². The van der Waals surface area contributed by atoms with Crippen LogP contribution in [-0.2, 0) is 10.3 Å². The van der Waals surface area contributed by atoms with Crippen molar-refractivity contribution in [2.75, 3.05) is 19.7 Å². The van der Waals surface area contributed by atoms with Crippen LogP contribution in [0.2, 0.25) is 0 Å². The second-order valence-corrected chi connectivity index (χ2v) is 10.5. The summed E-state index contributed by atoms with van der Waals surface area (Å²) in [6.45, 7) is 2.08. The van der Waals surface area contributed by atoms with Gasteiger partial charge in [0, 0.05) is 24.1 Å². The molecule has 0 aromatic heterocycles. The number of ether oxygens (including phenoxy) is 1. The second kappa shape index (κ2) is 10.6. The first-order chi connectivity index (χ1) is 18.7. The van der Waals surface area contributed by atoms with Gasteiger partial charge in [0.25, 0.3) is 0 Å². The molecule has 0 radical (unpaired) electrons. The molecule has 4 aromatic rings. The van der Waals surface area contributed by atoms with Gasteiger partial charge in [0.1, 0.15) is 11.2 Å². The maximum Gasteiger partial charge on any atom is 0.143 e. The highest BCUT2D eigenvalue weighted by Gasteiger charge is 2.49. The van der Waals surface area contributed by atoms with Crippen LogP contribution < -0.4 is 0 Å². The van der Waals surface area contributed by atoms with Gasteiger partial charge < -0.3 is 9.84 Å². The van der Waals surface area contributed by atoms with Crippen molar-refractivity contribution in [2.45, 2.75) is 30.1 Å². The summed E-state index contributed by atoms with van der Waals surface area (Å²) in [6, 6.07) is 41.7.